The number of aromatic nitrogens is 4. The minimum Gasteiger partial charge on any atom is -0.308 e. The minimum absolute atomic E-state index is 0. The van der Waals surface area contributed by atoms with Crippen LogP contribution in [0.4, 0.5) is 8.78 Å². The second-order valence-electron chi connectivity index (χ2n) is 4.68. The second kappa shape index (κ2) is 8.74. The zero-order valence-electron chi connectivity index (χ0n) is 11.9. The quantitative estimate of drug-likeness (QED) is 0.813. The SMILES string of the molecule is CCCn1cc(CNCc2cnn(CC(F)F)c2)cn1.Cl. The first-order chi connectivity index (χ1) is 9.67. The number of aryl methyl sites for hydroxylation is 1. The monoisotopic (exact) mass is 319 g/mol. The summed E-state index contributed by atoms with van der Waals surface area (Å²) in [4.78, 5) is 0. The summed E-state index contributed by atoms with van der Waals surface area (Å²) >= 11 is 0. The third kappa shape index (κ3) is 5.81. The molecule has 0 aliphatic rings. The summed E-state index contributed by atoms with van der Waals surface area (Å²) in [5.41, 5.74) is 2.00. The Kier molecular flexibility index (Phi) is 7.31. The van der Waals surface area contributed by atoms with Crippen LogP contribution in [-0.4, -0.2) is 26.0 Å². The number of alkyl halides is 2. The Labute approximate surface area is 128 Å². The average molecular weight is 320 g/mol. The summed E-state index contributed by atoms with van der Waals surface area (Å²) in [6.45, 7) is 3.97. The number of hydrogen-bond acceptors (Lipinski definition) is 3. The molecule has 2 aromatic heterocycles. The molecule has 0 saturated carbocycles. The van der Waals surface area contributed by atoms with Gasteiger partial charge in [-0.25, -0.2) is 8.78 Å². The predicted octanol–water partition coefficient (Wildman–Crippen LogP) is 2.47. The van der Waals surface area contributed by atoms with Gasteiger partial charge in [-0.05, 0) is 6.42 Å². The van der Waals surface area contributed by atoms with Crippen LogP contribution in [0.2, 0.25) is 0 Å². The van der Waals surface area contributed by atoms with Crippen LogP contribution in [0.5, 0.6) is 0 Å². The van der Waals surface area contributed by atoms with E-state index in [9.17, 15) is 8.78 Å². The van der Waals surface area contributed by atoms with Crippen molar-refractivity contribution < 1.29 is 8.78 Å². The van der Waals surface area contributed by atoms with Crippen LogP contribution in [-0.2, 0) is 26.2 Å². The standard InChI is InChI=1S/C13H19F2N5.ClH/c1-2-3-19-8-11(6-17-19)4-16-5-12-7-18-20(9-12)10-13(14)15;/h6-9,13,16H,2-5,10H2,1H3;1H. The van der Waals surface area contributed by atoms with E-state index in [1.807, 2.05) is 17.1 Å². The van der Waals surface area contributed by atoms with Crippen molar-refractivity contribution in [1.82, 2.24) is 24.9 Å². The average Bonchev–Trinajstić information content (AvgIpc) is 2.99. The lowest BCUT2D eigenvalue weighted by Crippen LogP contribution is -2.12. The normalized spacial score (nSPS) is 10.9. The molecule has 0 saturated heterocycles. The maximum Gasteiger partial charge on any atom is 0.257 e. The Morgan fingerprint density at radius 1 is 1.10 bits per heavy atom. The molecule has 2 heterocycles. The highest BCUT2D eigenvalue weighted by atomic mass is 35.5. The Balaban J connectivity index is 0.00000220. The van der Waals surface area contributed by atoms with Gasteiger partial charge in [0.25, 0.3) is 6.43 Å². The summed E-state index contributed by atoms with van der Waals surface area (Å²) in [7, 11) is 0. The molecule has 0 radical (unpaired) electrons. The van der Waals surface area contributed by atoms with Crippen molar-refractivity contribution in [2.24, 2.45) is 0 Å². The van der Waals surface area contributed by atoms with Gasteiger partial charge in [-0.15, -0.1) is 12.4 Å². The van der Waals surface area contributed by atoms with E-state index < -0.39 is 6.43 Å². The molecular weight excluding hydrogens is 300 g/mol. The predicted molar refractivity (Wildman–Crippen MR) is 78.5 cm³/mol. The summed E-state index contributed by atoms with van der Waals surface area (Å²) in [5, 5.41) is 11.4. The molecule has 118 valence electrons. The fraction of sp³-hybridized carbons (Fsp3) is 0.538. The Morgan fingerprint density at radius 3 is 2.24 bits per heavy atom. The highest BCUT2D eigenvalue weighted by Gasteiger charge is 2.05. The maximum absolute atomic E-state index is 12.2. The van der Waals surface area contributed by atoms with Gasteiger partial charge in [-0.2, -0.15) is 10.2 Å². The molecule has 0 unspecified atom stereocenters. The topological polar surface area (TPSA) is 47.7 Å². The van der Waals surface area contributed by atoms with Crippen molar-refractivity contribution in [3.8, 4) is 0 Å². The lowest BCUT2D eigenvalue weighted by atomic mass is 10.3. The summed E-state index contributed by atoms with van der Waals surface area (Å²) < 4.78 is 27.5. The summed E-state index contributed by atoms with van der Waals surface area (Å²) in [6.07, 6.45) is 5.77. The van der Waals surface area contributed by atoms with Crippen LogP contribution in [0.25, 0.3) is 0 Å². The van der Waals surface area contributed by atoms with E-state index in [0.29, 0.717) is 13.1 Å². The molecule has 0 amide bonds. The van der Waals surface area contributed by atoms with E-state index in [1.165, 1.54) is 4.68 Å². The van der Waals surface area contributed by atoms with Crippen molar-refractivity contribution in [2.75, 3.05) is 0 Å². The van der Waals surface area contributed by atoms with Crippen LogP contribution in [0, 0.1) is 0 Å². The number of halogens is 3. The van der Waals surface area contributed by atoms with Gasteiger partial charge in [0, 0.05) is 43.2 Å². The zero-order chi connectivity index (χ0) is 14.4. The number of nitrogens with one attached hydrogen (secondary N) is 1. The van der Waals surface area contributed by atoms with Crippen LogP contribution < -0.4 is 5.32 Å². The Bertz CT molecular complexity index is 526. The Hall–Kier alpha value is -1.47. The maximum atomic E-state index is 12.2. The van der Waals surface area contributed by atoms with E-state index in [0.717, 1.165) is 24.1 Å². The van der Waals surface area contributed by atoms with Gasteiger partial charge < -0.3 is 5.32 Å². The molecule has 1 N–H and O–H groups in total. The van der Waals surface area contributed by atoms with Gasteiger partial charge in [0.05, 0.1) is 12.4 Å². The van der Waals surface area contributed by atoms with Crippen LogP contribution in [0.3, 0.4) is 0 Å². The molecule has 0 spiro atoms. The highest BCUT2D eigenvalue weighted by Crippen LogP contribution is 2.03. The molecule has 0 aliphatic heterocycles. The highest BCUT2D eigenvalue weighted by molar-refractivity contribution is 5.85. The largest absolute Gasteiger partial charge is 0.308 e. The molecule has 2 rings (SSSR count). The molecular formula is C13H20ClF2N5. The van der Waals surface area contributed by atoms with Gasteiger partial charge in [0.15, 0.2) is 0 Å². The van der Waals surface area contributed by atoms with Crippen molar-refractivity contribution >= 4 is 12.4 Å². The Morgan fingerprint density at radius 2 is 1.67 bits per heavy atom. The molecule has 0 bridgehead atoms. The fourth-order valence-electron chi connectivity index (χ4n) is 1.94. The second-order valence-corrected chi connectivity index (χ2v) is 4.68. The van der Waals surface area contributed by atoms with Crippen LogP contribution in [0.1, 0.15) is 24.5 Å². The van der Waals surface area contributed by atoms with E-state index in [4.69, 9.17) is 0 Å². The third-order valence-electron chi connectivity index (χ3n) is 2.81. The smallest absolute Gasteiger partial charge is 0.257 e. The molecule has 0 atom stereocenters. The number of rotatable bonds is 8. The molecule has 5 nitrogen and oxygen atoms in total. The fourth-order valence-corrected chi connectivity index (χ4v) is 1.94. The van der Waals surface area contributed by atoms with Crippen molar-refractivity contribution in [1.29, 1.82) is 0 Å². The third-order valence-corrected chi connectivity index (χ3v) is 2.81. The number of hydrogen-bond donors (Lipinski definition) is 1. The van der Waals surface area contributed by atoms with Crippen molar-refractivity contribution in [3.05, 3.63) is 35.9 Å². The van der Waals surface area contributed by atoms with Crippen molar-refractivity contribution in [2.45, 2.75) is 45.9 Å². The van der Waals surface area contributed by atoms with Crippen LogP contribution in [0.15, 0.2) is 24.8 Å². The van der Waals surface area contributed by atoms with E-state index in [2.05, 4.69) is 22.4 Å². The van der Waals surface area contributed by atoms with Gasteiger partial charge in [0.1, 0.15) is 6.54 Å². The molecule has 0 fully saturated rings. The molecule has 0 aromatic carbocycles. The minimum atomic E-state index is -2.37. The van der Waals surface area contributed by atoms with Gasteiger partial charge in [-0.1, -0.05) is 6.92 Å². The van der Waals surface area contributed by atoms with Crippen molar-refractivity contribution in [3.63, 3.8) is 0 Å². The van der Waals surface area contributed by atoms with Gasteiger partial charge >= 0.3 is 0 Å². The van der Waals surface area contributed by atoms with Gasteiger partial charge in [-0.3, -0.25) is 9.36 Å². The lowest BCUT2D eigenvalue weighted by molar-refractivity contribution is 0.122. The lowest BCUT2D eigenvalue weighted by Gasteiger charge is -2.01. The first-order valence-electron chi connectivity index (χ1n) is 6.69. The molecule has 0 aliphatic carbocycles. The van der Waals surface area contributed by atoms with E-state index in [1.54, 1.807) is 12.4 Å². The molecule has 2 aromatic rings. The summed E-state index contributed by atoms with van der Waals surface area (Å²) in [5.74, 6) is 0. The first-order valence-corrected chi connectivity index (χ1v) is 6.69. The van der Waals surface area contributed by atoms with Gasteiger partial charge in [0.2, 0.25) is 0 Å². The van der Waals surface area contributed by atoms with Crippen LogP contribution >= 0.6 is 12.4 Å². The first kappa shape index (κ1) is 17.6. The van der Waals surface area contributed by atoms with E-state index >= 15 is 0 Å². The molecule has 21 heavy (non-hydrogen) atoms. The summed E-state index contributed by atoms with van der Waals surface area (Å²) in [6, 6.07) is 0. The zero-order valence-corrected chi connectivity index (χ0v) is 12.7. The number of nitrogens with zero attached hydrogens (tertiary/aromatic N) is 4. The van der Waals surface area contributed by atoms with E-state index in [-0.39, 0.29) is 19.0 Å². The molecule has 8 heteroatoms.